The van der Waals surface area contributed by atoms with Crippen LogP contribution in [-0.4, -0.2) is 19.0 Å². The molecule has 0 radical (unpaired) electrons. The number of carbonyl (C=O) groups excluding carboxylic acids is 2. The number of primary amides is 1. The van der Waals surface area contributed by atoms with Gasteiger partial charge in [0.1, 0.15) is 12.8 Å². The fourth-order valence-corrected chi connectivity index (χ4v) is 1.78. The molecule has 3 N–H and O–H groups in total. The van der Waals surface area contributed by atoms with E-state index in [-0.39, 0.29) is 18.8 Å². The molecule has 1 aromatic heterocycles. The fourth-order valence-electron chi connectivity index (χ4n) is 0.938. The highest BCUT2D eigenvalue weighted by Crippen LogP contribution is 2.05. The Labute approximate surface area is 84.9 Å². The summed E-state index contributed by atoms with van der Waals surface area (Å²) in [6.07, 6.45) is 0.359. The standard InChI is InChI=1S/C8H10N2O3S/c1-13-8(12)2-5-4-14-7(10-5)3-6(9)11/h4H,2-3H2,1H3,(H2,9,11)/p+1. The minimum absolute atomic E-state index is 0.172. The van der Waals surface area contributed by atoms with E-state index in [1.807, 2.05) is 0 Å². The third kappa shape index (κ3) is 3.14. The van der Waals surface area contributed by atoms with E-state index < -0.39 is 5.91 Å². The van der Waals surface area contributed by atoms with Crippen molar-refractivity contribution in [3.8, 4) is 0 Å². The van der Waals surface area contributed by atoms with Crippen LogP contribution in [0, 0.1) is 0 Å². The molecule has 6 heteroatoms. The van der Waals surface area contributed by atoms with Crippen LogP contribution in [0.4, 0.5) is 0 Å². The van der Waals surface area contributed by atoms with Crippen LogP contribution in [0.25, 0.3) is 0 Å². The number of hydrogen-bond acceptors (Lipinski definition) is 4. The van der Waals surface area contributed by atoms with Gasteiger partial charge in [0.25, 0.3) is 0 Å². The van der Waals surface area contributed by atoms with Gasteiger partial charge >= 0.3 is 5.97 Å². The second-order valence-corrected chi connectivity index (χ2v) is 3.67. The van der Waals surface area contributed by atoms with Crippen molar-refractivity contribution in [2.24, 2.45) is 5.73 Å². The number of aromatic nitrogens is 1. The number of carbonyl (C=O) groups is 2. The lowest BCUT2D eigenvalue weighted by Crippen LogP contribution is -2.21. The molecule has 0 spiro atoms. The van der Waals surface area contributed by atoms with Crippen LogP contribution in [0.15, 0.2) is 5.38 Å². The number of hydrogen-bond donors (Lipinski definition) is 1. The number of ether oxygens (including phenoxy) is 1. The van der Waals surface area contributed by atoms with Crippen molar-refractivity contribution in [3.63, 3.8) is 0 Å². The number of methoxy groups -OCH3 is 1. The highest BCUT2D eigenvalue weighted by Gasteiger charge is 2.15. The summed E-state index contributed by atoms with van der Waals surface area (Å²) in [5.41, 5.74) is 5.75. The van der Waals surface area contributed by atoms with Gasteiger partial charge in [-0.1, -0.05) is 11.3 Å². The Hall–Kier alpha value is -1.43. The zero-order valence-corrected chi connectivity index (χ0v) is 8.52. The lowest BCUT2D eigenvalue weighted by Gasteiger charge is -1.90. The van der Waals surface area contributed by atoms with Crippen LogP contribution >= 0.6 is 11.3 Å². The molecule has 5 nitrogen and oxygen atoms in total. The summed E-state index contributed by atoms with van der Waals surface area (Å²) in [6.45, 7) is 0. The number of aromatic amines is 1. The first-order valence-electron chi connectivity index (χ1n) is 3.95. The molecule has 0 aliphatic heterocycles. The van der Waals surface area contributed by atoms with E-state index in [4.69, 9.17) is 5.73 Å². The Kier molecular flexibility index (Phi) is 3.58. The van der Waals surface area contributed by atoms with Crippen LogP contribution in [0.3, 0.4) is 0 Å². The molecule has 1 heterocycles. The second kappa shape index (κ2) is 4.71. The Morgan fingerprint density at radius 1 is 1.57 bits per heavy atom. The number of esters is 1. The summed E-state index contributed by atoms with van der Waals surface area (Å²) in [5.74, 6) is -0.711. The van der Waals surface area contributed by atoms with Crippen LogP contribution < -0.4 is 10.7 Å². The van der Waals surface area contributed by atoms with Crippen molar-refractivity contribution in [3.05, 3.63) is 16.1 Å². The molecule has 0 aliphatic rings. The van der Waals surface area contributed by atoms with E-state index in [0.29, 0.717) is 0 Å². The Morgan fingerprint density at radius 3 is 2.86 bits per heavy atom. The van der Waals surface area contributed by atoms with E-state index in [0.717, 1.165) is 10.7 Å². The minimum atomic E-state index is -0.396. The normalized spacial score (nSPS) is 9.79. The van der Waals surface area contributed by atoms with Gasteiger partial charge in [-0.15, -0.1) is 0 Å². The lowest BCUT2D eigenvalue weighted by atomic mass is 10.3. The molecule has 0 saturated carbocycles. The van der Waals surface area contributed by atoms with Crippen molar-refractivity contribution >= 4 is 23.2 Å². The highest BCUT2D eigenvalue weighted by atomic mass is 32.1. The van der Waals surface area contributed by atoms with Crippen molar-refractivity contribution in [2.45, 2.75) is 12.8 Å². The van der Waals surface area contributed by atoms with Crippen molar-refractivity contribution in [1.29, 1.82) is 0 Å². The zero-order valence-electron chi connectivity index (χ0n) is 7.70. The van der Waals surface area contributed by atoms with E-state index in [1.54, 1.807) is 5.38 Å². The van der Waals surface area contributed by atoms with Crippen LogP contribution in [0.1, 0.15) is 10.7 Å². The van der Waals surface area contributed by atoms with E-state index in [2.05, 4.69) is 9.72 Å². The molecule has 0 atom stereocenters. The molecular weight excluding hydrogens is 204 g/mol. The SMILES string of the molecule is COC(=O)Cc1csc(CC(N)=O)[nH+]1. The van der Waals surface area contributed by atoms with E-state index in [1.165, 1.54) is 18.4 Å². The van der Waals surface area contributed by atoms with Crippen molar-refractivity contribution < 1.29 is 19.3 Å². The summed E-state index contributed by atoms with van der Waals surface area (Å²) in [7, 11) is 1.33. The van der Waals surface area contributed by atoms with Gasteiger partial charge in [-0.3, -0.25) is 9.59 Å². The first-order valence-corrected chi connectivity index (χ1v) is 4.83. The maximum absolute atomic E-state index is 10.9. The first kappa shape index (κ1) is 10.6. The van der Waals surface area contributed by atoms with Gasteiger partial charge in [-0.2, -0.15) is 0 Å². The third-order valence-corrected chi connectivity index (χ3v) is 2.47. The van der Waals surface area contributed by atoms with E-state index in [9.17, 15) is 9.59 Å². The summed E-state index contributed by atoms with van der Waals surface area (Å²) >= 11 is 1.37. The molecule has 0 aromatic carbocycles. The molecule has 76 valence electrons. The number of rotatable bonds is 4. The quantitative estimate of drug-likeness (QED) is 0.674. The van der Waals surface area contributed by atoms with Crippen molar-refractivity contribution in [2.75, 3.05) is 7.11 Å². The second-order valence-electron chi connectivity index (χ2n) is 2.71. The van der Waals surface area contributed by atoms with Crippen LogP contribution in [0.2, 0.25) is 0 Å². The van der Waals surface area contributed by atoms with Gasteiger partial charge in [0.05, 0.1) is 12.5 Å². The Bertz CT molecular complexity index is 348. The summed E-state index contributed by atoms with van der Waals surface area (Å²) in [4.78, 5) is 24.4. The number of nitrogens with one attached hydrogen (secondary N) is 1. The average Bonchev–Trinajstić information content (AvgIpc) is 2.51. The summed E-state index contributed by atoms with van der Waals surface area (Å²) in [6, 6.07) is 0. The summed E-state index contributed by atoms with van der Waals surface area (Å²) < 4.78 is 4.50. The van der Waals surface area contributed by atoms with Crippen molar-refractivity contribution in [1.82, 2.24) is 0 Å². The number of thiazole rings is 1. The molecule has 1 amide bonds. The highest BCUT2D eigenvalue weighted by molar-refractivity contribution is 7.09. The number of H-pyrrole nitrogens is 1. The van der Waals surface area contributed by atoms with Gasteiger partial charge in [-0.25, -0.2) is 4.98 Å². The minimum Gasteiger partial charge on any atom is -0.469 e. The maximum Gasteiger partial charge on any atom is 0.316 e. The van der Waals surface area contributed by atoms with Gasteiger partial charge in [0, 0.05) is 0 Å². The van der Waals surface area contributed by atoms with Gasteiger partial charge in [0.15, 0.2) is 0 Å². The predicted molar refractivity (Wildman–Crippen MR) is 49.5 cm³/mol. The molecule has 1 aromatic rings. The maximum atomic E-state index is 10.9. The smallest absolute Gasteiger partial charge is 0.316 e. The van der Waals surface area contributed by atoms with Gasteiger partial charge < -0.3 is 10.5 Å². The Balaban J connectivity index is 2.59. The third-order valence-electron chi connectivity index (χ3n) is 1.54. The molecular formula is C8H11N2O3S+. The molecule has 0 aliphatic carbocycles. The average molecular weight is 215 g/mol. The molecule has 0 bridgehead atoms. The topological polar surface area (TPSA) is 83.5 Å². The van der Waals surface area contributed by atoms with E-state index >= 15 is 0 Å². The molecule has 0 unspecified atom stereocenters. The largest absolute Gasteiger partial charge is 0.469 e. The van der Waals surface area contributed by atoms with Gasteiger partial charge in [-0.05, 0) is 0 Å². The zero-order chi connectivity index (χ0) is 10.6. The molecule has 14 heavy (non-hydrogen) atoms. The first-order chi connectivity index (χ1) is 6.61. The van der Waals surface area contributed by atoms with Gasteiger partial charge in [0.2, 0.25) is 16.6 Å². The lowest BCUT2D eigenvalue weighted by molar-refractivity contribution is -0.392. The molecule has 1 rings (SSSR count). The summed E-state index contributed by atoms with van der Waals surface area (Å²) in [5, 5.41) is 2.52. The molecule has 0 saturated heterocycles. The number of amides is 1. The van der Waals surface area contributed by atoms with Crippen LogP contribution in [0.5, 0.6) is 0 Å². The fraction of sp³-hybridized carbons (Fsp3) is 0.375. The Morgan fingerprint density at radius 2 is 2.29 bits per heavy atom. The number of nitrogens with two attached hydrogens (primary N) is 1. The molecule has 0 fully saturated rings. The predicted octanol–water partition coefficient (Wildman–Crippen LogP) is -0.695. The monoisotopic (exact) mass is 215 g/mol. The van der Waals surface area contributed by atoms with Crippen LogP contribution in [-0.2, 0) is 27.2 Å².